The Bertz CT molecular complexity index is 504. The van der Waals surface area contributed by atoms with E-state index < -0.39 is 0 Å². The second-order valence-corrected chi connectivity index (χ2v) is 4.18. The first kappa shape index (κ1) is 11.5. The van der Waals surface area contributed by atoms with Crippen LogP contribution in [0.25, 0.3) is 0 Å². The molecule has 4 nitrogen and oxygen atoms in total. The molecule has 0 heterocycles. The van der Waals surface area contributed by atoms with Crippen LogP contribution in [0.4, 0.5) is 5.69 Å². The number of nitrogens with two attached hydrogens (primary N) is 2. The summed E-state index contributed by atoms with van der Waals surface area (Å²) < 4.78 is 0. The zero-order valence-corrected chi connectivity index (χ0v) is 9.83. The molecule has 1 aromatic rings. The molecule has 0 atom stereocenters. The molecule has 1 aliphatic carbocycles. The zero-order valence-electron chi connectivity index (χ0n) is 9.83. The van der Waals surface area contributed by atoms with Crippen molar-refractivity contribution in [3.05, 3.63) is 29.3 Å². The first-order chi connectivity index (χ1) is 8.19. The Kier molecular flexibility index (Phi) is 3.31. The van der Waals surface area contributed by atoms with Gasteiger partial charge in [0.25, 0.3) is 0 Å². The summed E-state index contributed by atoms with van der Waals surface area (Å²) in [5.41, 5.74) is 10.7. The number of hydrogen-bond donors (Lipinski definition) is 3. The second kappa shape index (κ2) is 4.89. The summed E-state index contributed by atoms with van der Waals surface area (Å²) in [6.45, 7) is 2.02. The average molecular weight is 228 g/mol. The molecular weight excluding hydrogens is 212 g/mol. The van der Waals surface area contributed by atoms with E-state index in [0.717, 1.165) is 16.8 Å². The van der Waals surface area contributed by atoms with Gasteiger partial charge in [-0.1, -0.05) is 11.8 Å². The number of aryl methyl sites for hydroxylation is 1. The third-order valence-electron chi connectivity index (χ3n) is 2.60. The number of benzene rings is 1. The van der Waals surface area contributed by atoms with E-state index in [1.807, 2.05) is 25.1 Å². The second-order valence-electron chi connectivity index (χ2n) is 4.18. The Hall–Kier alpha value is -1.99. The molecule has 1 aromatic carbocycles. The molecule has 0 saturated heterocycles. The first-order valence-electron chi connectivity index (χ1n) is 5.62. The maximum Gasteiger partial charge on any atom is 0.208 e. The van der Waals surface area contributed by atoms with Crippen LogP contribution in [-0.2, 0) is 0 Å². The number of aliphatic imine (C=N–C) groups is 1. The molecule has 0 spiro atoms. The minimum absolute atomic E-state index is 0.196. The highest BCUT2D eigenvalue weighted by Crippen LogP contribution is 2.27. The molecule has 1 fully saturated rings. The van der Waals surface area contributed by atoms with E-state index in [1.54, 1.807) is 0 Å². The standard InChI is InChI=1S/C13H16N4/c1-9-8-12(16-13(14)17-15)7-6-11(9)5-4-10-2-3-10/h6-8,10H,2-3,15H2,1H3,(H3,14,16,17). The Morgan fingerprint density at radius 3 is 2.82 bits per heavy atom. The van der Waals surface area contributed by atoms with Crippen LogP contribution < -0.4 is 17.0 Å². The van der Waals surface area contributed by atoms with Crippen molar-refractivity contribution in [2.75, 3.05) is 0 Å². The highest BCUT2D eigenvalue weighted by Gasteiger charge is 2.17. The summed E-state index contributed by atoms with van der Waals surface area (Å²) in [6, 6.07) is 5.79. The Labute approximate surface area is 101 Å². The van der Waals surface area contributed by atoms with Gasteiger partial charge in [-0.15, -0.1) is 0 Å². The molecule has 1 aliphatic rings. The molecule has 0 aliphatic heterocycles. The zero-order chi connectivity index (χ0) is 12.3. The molecule has 0 radical (unpaired) electrons. The number of nitrogens with one attached hydrogen (secondary N) is 1. The molecule has 0 unspecified atom stereocenters. The van der Waals surface area contributed by atoms with Gasteiger partial charge in [0.15, 0.2) is 0 Å². The van der Waals surface area contributed by atoms with Crippen LogP contribution in [0.5, 0.6) is 0 Å². The smallest absolute Gasteiger partial charge is 0.208 e. The van der Waals surface area contributed by atoms with Crippen molar-refractivity contribution in [2.45, 2.75) is 19.8 Å². The Morgan fingerprint density at radius 1 is 1.47 bits per heavy atom. The fraction of sp³-hybridized carbons (Fsp3) is 0.308. The predicted molar refractivity (Wildman–Crippen MR) is 69.4 cm³/mol. The summed E-state index contributed by atoms with van der Waals surface area (Å²) in [5, 5.41) is 0. The van der Waals surface area contributed by atoms with Crippen molar-refractivity contribution in [2.24, 2.45) is 22.5 Å². The fourth-order valence-electron chi connectivity index (χ4n) is 1.44. The molecule has 88 valence electrons. The molecule has 4 heteroatoms. The molecule has 2 rings (SSSR count). The minimum Gasteiger partial charge on any atom is -0.369 e. The van der Waals surface area contributed by atoms with E-state index in [2.05, 4.69) is 22.3 Å². The highest BCUT2D eigenvalue weighted by atomic mass is 15.3. The van der Waals surface area contributed by atoms with E-state index in [-0.39, 0.29) is 5.96 Å². The molecular formula is C13H16N4. The van der Waals surface area contributed by atoms with Gasteiger partial charge < -0.3 is 5.73 Å². The van der Waals surface area contributed by atoms with Crippen molar-refractivity contribution in [3.63, 3.8) is 0 Å². The van der Waals surface area contributed by atoms with E-state index in [9.17, 15) is 0 Å². The van der Waals surface area contributed by atoms with Crippen molar-refractivity contribution in [1.82, 2.24) is 5.43 Å². The van der Waals surface area contributed by atoms with Crippen molar-refractivity contribution in [3.8, 4) is 11.8 Å². The summed E-state index contributed by atoms with van der Waals surface area (Å²) in [5.74, 6) is 12.4. The maximum atomic E-state index is 5.49. The quantitative estimate of drug-likeness (QED) is 0.222. The van der Waals surface area contributed by atoms with Gasteiger partial charge in [0.1, 0.15) is 0 Å². The van der Waals surface area contributed by atoms with Crippen LogP contribution in [0.2, 0.25) is 0 Å². The van der Waals surface area contributed by atoms with Crippen molar-refractivity contribution < 1.29 is 0 Å². The molecule has 5 N–H and O–H groups in total. The predicted octanol–water partition coefficient (Wildman–Crippen LogP) is 1.17. The lowest BCUT2D eigenvalue weighted by molar-refractivity contribution is 1.01. The van der Waals surface area contributed by atoms with E-state index in [4.69, 9.17) is 11.6 Å². The van der Waals surface area contributed by atoms with E-state index >= 15 is 0 Å². The summed E-state index contributed by atoms with van der Waals surface area (Å²) in [4.78, 5) is 4.10. The lowest BCUT2D eigenvalue weighted by Gasteiger charge is -2.02. The summed E-state index contributed by atoms with van der Waals surface area (Å²) >= 11 is 0. The van der Waals surface area contributed by atoms with Gasteiger partial charge in [0, 0.05) is 11.5 Å². The van der Waals surface area contributed by atoms with E-state index in [1.165, 1.54) is 12.8 Å². The van der Waals surface area contributed by atoms with Crippen LogP contribution in [0, 0.1) is 24.7 Å². The lowest BCUT2D eigenvalue weighted by atomic mass is 10.1. The van der Waals surface area contributed by atoms with Gasteiger partial charge in [-0.05, 0) is 43.5 Å². The van der Waals surface area contributed by atoms with Crippen LogP contribution in [0.1, 0.15) is 24.0 Å². The number of nitrogens with zero attached hydrogens (tertiary/aromatic N) is 1. The van der Waals surface area contributed by atoms with Gasteiger partial charge in [-0.2, -0.15) is 0 Å². The maximum absolute atomic E-state index is 5.49. The number of hydrazine groups is 1. The third kappa shape index (κ3) is 3.23. The van der Waals surface area contributed by atoms with Gasteiger partial charge in [-0.25, -0.2) is 10.8 Å². The SMILES string of the molecule is Cc1cc(/N=C(/N)NN)ccc1C#CC1CC1. The Morgan fingerprint density at radius 2 is 2.24 bits per heavy atom. The van der Waals surface area contributed by atoms with Gasteiger partial charge in [0.05, 0.1) is 5.69 Å². The largest absolute Gasteiger partial charge is 0.369 e. The van der Waals surface area contributed by atoms with Crippen LogP contribution in [0.15, 0.2) is 23.2 Å². The lowest BCUT2D eigenvalue weighted by Crippen LogP contribution is -2.36. The highest BCUT2D eigenvalue weighted by molar-refractivity contribution is 5.80. The van der Waals surface area contributed by atoms with E-state index in [0.29, 0.717) is 5.92 Å². The van der Waals surface area contributed by atoms with Gasteiger partial charge in [0.2, 0.25) is 5.96 Å². The average Bonchev–Trinajstić information content (AvgIpc) is 3.12. The van der Waals surface area contributed by atoms with Gasteiger partial charge >= 0.3 is 0 Å². The monoisotopic (exact) mass is 228 g/mol. The van der Waals surface area contributed by atoms with Crippen LogP contribution >= 0.6 is 0 Å². The number of guanidine groups is 1. The number of hydrogen-bond acceptors (Lipinski definition) is 2. The molecule has 0 amide bonds. The topological polar surface area (TPSA) is 76.4 Å². The molecule has 17 heavy (non-hydrogen) atoms. The first-order valence-corrected chi connectivity index (χ1v) is 5.62. The molecule has 1 saturated carbocycles. The minimum atomic E-state index is 0.196. The normalized spacial score (nSPS) is 15.1. The summed E-state index contributed by atoms with van der Waals surface area (Å²) in [7, 11) is 0. The number of rotatable bonds is 1. The third-order valence-corrected chi connectivity index (χ3v) is 2.60. The van der Waals surface area contributed by atoms with Gasteiger partial charge in [-0.3, -0.25) is 5.43 Å². The summed E-state index contributed by atoms with van der Waals surface area (Å²) in [6.07, 6.45) is 2.49. The van der Waals surface area contributed by atoms with Crippen molar-refractivity contribution >= 4 is 11.6 Å². The van der Waals surface area contributed by atoms with Crippen molar-refractivity contribution in [1.29, 1.82) is 0 Å². The van der Waals surface area contributed by atoms with Crippen LogP contribution in [-0.4, -0.2) is 5.96 Å². The molecule has 0 bridgehead atoms. The Balaban J connectivity index is 2.19. The van der Waals surface area contributed by atoms with Crippen LogP contribution in [0.3, 0.4) is 0 Å². The molecule has 0 aromatic heterocycles. The fourth-order valence-corrected chi connectivity index (χ4v) is 1.44.